The first-order chi connectivity index (χ1) is 11.3. The maximum Gasteiger partial charge on any atom is 0.189 e. The summed E-state index contributed by atoms with van der Waals surface area (Å²) in [5.41, 5.74) is 1.08. The summed E-state index contributed by atoms with van der Waals surface area (Å²) < 4.78 is 10.4. The number of benzene rings is 1. The Morgan fingerprint density at radius 1 is 1.33 bits per heavy atom. The topological polar surface area (TPSA) is 69.4 Å². The molecule has 0 aliphatic rings. The van der Waals surface area contributed by atoms with E-state index in [1.54, 1.807) is 18.2 Å². The van der Waals surface area contributed by atoms with Crippen LogP contribution in [0, 0.1) is 5.92 Å². The van der Waals surface area contributed by atoms with Crippen molar-refractivity contribution in [1.82, 2.24) is 5.16 Å². The molecule has 5 nitrogen and oxygen atoms in total. The lowest BCUT2D eigenvalue weighted by Gasteiger charge is -2.11. The molecule has 0 N–H and O–H groups in total. The second-order valence-corrected chi connectivity index (χ2v) is 6.42. The van der Waals surface area contributed by atoms with Gasteiger partial charge in [-0.05, 0) is 30.5 Å². The van der Waals surface area contributed by atoms with E-state index < -0.39 is 0 Å². The average Bonchev–Trinajstić information content (AvgIpc) is 2.96. The van der Waals surface area contributed by atoms with Gasteiger partial charge in [-0.1, -0.05) is 30.6 Å². The van der Waals surface area contributed by atoms with E-state index in [1.165, 1.54) is 14.0 Å². The van der Waals surface area contributed by atoms with Crippen molar-refractivity contribution >= 4 is 23.2 Å². The van der Waals surface area contributed by atoms with Crippen LogP contribution < -0.4 is 4.74 Å². The minimum absolute atomic E-state index is 0.0431. The molecular weight excluding hydrogens is 330 g/mol. The summed E-state index contributed by atoms with van der Waals surface area (Å²) in [6.07, 6.45) is 0.664. The number of Topliss-reactive ketones (excluding diaryl/α,β-unsaturated/α-hetero) is 2. The van der Waals surface area contributed by atoms with Gasteiger partial charge in [-0.2, -0.15) is 0 Å². The summed E-state index contributed by atoms with van der Waals surface area (Å²) in [7, 11) is 1.48. The number of ether oxygens (including phenoxy) is 1. The number of hydrogen-bond acceptors (Lipinski definition) is 5. The Morgan fingerprint density at radius 2 is 2.04 bits per heavy atom. The van der Waals surface area contributed by atoms with Crippen molar-refractivity contribution in [3.05, 3.63) is 45.8 Å². The quantitative estimate of drug-likeness (QED) is 0.702. The number of halogens is 1. The molecule has 0 saturated carbocycles. The Bertz CT molecular complexity index is 764. The summed E-state index contributed by atoms with van der Waals surface area (Å²) in [5, 5.41) is 4.10. The number of carbonyl (C=O) groups is 2. The van der Waals surface area contributed by atoms with Gasteiger partial charge in [0.15, 0.2) is 11.6 Å². The van der Waals surface area contributed by atoms with E-state index in [0.717, 1.165) is 0 Å². The van der Waals surface area contributed by atoms with Gasteiger partial charge in [-0.3, -0.25) is 9.59 Å². The zero-order valence-electron chi connectivity index (χ0n) is 14.2. The fraction of sp³-hybridized carbons (Fsp3) is 0.389. The molecule has 0 fully saturated rings. The molecule has 0 aliphatic carbocycles. The maximum absolute atomic E-state index is 12.5. The smallest absolute Gasteiger partial charge is 0.189 e. The van der Waals surface area contributed by atoms with E-state index in [1.807, 2.05) is 0 Å². The van der Waals surface area contributed by atoms with Crippen LogP contribution in [-0.2, 0) is 12.8 Å². The molecule has 0 spiro atoms. The minimum atomic E-state index is -0.258. The zero-order chi connectivity index (χ0) is 17.9. The molecule has 0 unspecified atom stereocenters. The number of ketones is 2. The standard InChI is InChI=1S/C18H20ClNO4/c1-10(2)7-12-8-15(20-24-12)16(22)9-14-13(11(3)21)5-6-17(23-4)18(14)19/h5-6,8,10H,7,9H2,1-4H3. The SMILES string of the molecule is COc1ccc(C(C)=O)c(CC(=O)c2cc(CC(C)C)on2)c1Cl. The van der Waals surface area contributed by atoms with Crippen LogP contribution in [0.25, 0.3) is 0 Å². The summed E-state index contributed by atoms with van der Waals surface area (Å²) in [6.45, 7) is 5.54. The molecular formula is C18H20ClNO4. The van der Waals surface area contributed by atoms with Crippen LogP contribution in [0.2, 0.25) is 5.02 Å². The lowest BCUT2D eigenvalue weighted by molar-refractivity contribution is 0.0983. The van der Waals surface area contributed by atoms with E-state index in [2.05, 4.69) is 19.0 Å². The Morgan fingerprint density at radius 3 is 2.62 bits per heavy atom. The zero-order valence-corrected chi connectivity index (χ0v) is 14.9. The largest absolute Gasteiger partial charge is 0.495 e. The third kappa shape index (κ3) is 4.03. The third-order valence-electron chi connectivity index (χ3n) is 3.60. The van der Waals surface area contributed by atoms with Crippen LogP contribution in [0.4, 0.5) is 0 Å². The van der Waals surface area contributed by atoms with Gasteiger partial charge in [0.1, 0.15) is 17.2 Å². The summed E-state index contributed by atoms with van der Waals surface area (Å²) in [4.78, 5) is 24.3. The molecule has 0 saturated heterocycles. The third-order valence-corrected chi connectivity index (χ3v) is 4.01. The molecule has 0 radical (unpaired) electrons. The first-order valence-electron chi connectivity index (χ1n) is 7.68. The summed E-state index contributed by atoms with van der Waals surface area (Å²) in [5.74, 6) is 1.06. The van der Waals surface area contributed by atoms with Gasteiger partial charge in [0.2, 0.25) is 0 Å². The molecule has 0 amide bonds. The molecule has 0 aliphatic heterocycles. The van der Waals surface area contributed by atoms with Crippen LogP contribution >= 0.6 is 11.6 Å². The number of aromatic nitrogens is 1. The average molecular weight is 350 g/mol. The number of rotatable bonds is 7. The summed E-state index contributed by atoms with van der Waals surface area (Å²) in [6, 6.07) is 4.87. The normalized spacial score (nSPS) is 10.9. The number of methoxy groups -OCH3 is 1. The van der Waals surface area contributed by atoms with Gasteiger partial charge < -0.3 is 9.26 Å². The molecule has 6 heteroatoms. The highest BCUT2D eigenvalue weighted by atomic mass is 35.5. The van der Waals surface area contributed by atoms with Gasteiger partial charge in [0.05, 0.1) is 12.1 Å². The molecule has 24 heavy (non-hydrogen) atoms. The fourth-order valence-corrected chi connectivity index (χ4v) is 2.76. The monoisotopic (exact) mass is 349 g/mol. The molecule has 0 bridgehead atoms. The Kier molecular flexibility index (Phi) is 5.78. The van der Waals surface area contributed by atoms with Crippen molar-refractivity contribution < 1.29 is 18.8 Å². The van der Waals surface area contributed by atoms with Crippen molar-refractivity contribution in [2.45, 2.75) is 33.6 Å². The molecule has 1 aromatic carbocycles. The van der Waals surface area contributed by atoms with E-state index in [-0.39, 0.29) is 28.7 Å². The second kappa shape index (κ2) is 7.62. The lowest BCUT2D eigenvalue weighted by atomic mass is 9.98. The van der Waals surface area contributed by atoms with Gasteiger partial charge in [-0.15, -0.1) is 0 Å². The van der Waals surface area contributed by atoms with Crippen molar-refractivity contribution in [3.63, 3.8) is 0 Å². The van der Waals surface area contributed by atoms with Gasteiger partial charge in [-0.25, -0.2) is 0 Å². The molecule has 2 aromatic rings. The van der Waals surface area contributed by atoms with Gasteiger partial charge in [0, 0.05) is 24.5 Å². The Balaban J connectivity index is 2.31. The number of hydrogen-bond donors (Lipinski definition) is 0. The molecule has 128 valence electrons. The van der Waals surface area contributed by atoms with E-state index in [0.29, 0.717) is 35.0 Å². The first-order valence-corrected chi connectivity index (χ1v) is 8.06. The molecule has 0 atom stereocenters. The Labute approximate surface area is 145 Å². The fourth-order valence-electron chi connectivity index (χ4n) is 2.45. The second-order valence-electron chi connectivity index (χ2n) is 6.04. The highest BCUT2D eigenvalue weighted by Gasteiger charge is 2.21. The predicted octanol–water partition coefficient (Wildman–Crippen LogP) is 4.16. The molecule has 1 heterocycles. The first kappa shape index (κ1) is 18.2. The number of carbonyl (C=O) groups excluding carboxylic acids is 2. The minimum Gasteiger partial charge on any atom is -0.495 e. The van der Waals surface area contributed by atoms with Crippen LogP contribution in [0.5, 0.6) is 5.75 Å². The molecule has 2 rings (SSSR count). The van der Waals surface area contributed by atoms with Crippen LogP contribution in [0.1, 0.15) is 52.9 Å². The van der Waals surface area contributed by atoms with E-state index in [4.69, 9.17) is 20.9 Å². The van der Waals surface area contributed by atoms with Crippen molar-refractivity contribution in [3.8, 4) is 5.75 Å². The highest BCUT2D eigenvalue weighted by molar-refractivity contribution is 6.33. The van der Waals surface area contributed by atoms with Gasteiger partial charge in [0.25, 0.3) is 0 Å². The number of nitrogens with zero attached hydrogens (tertiary/aromatic N) is 1. The van der Waals surface area contributed by atoms with Crippen molar-refractivity contribution in [2.75, 3.05) is 7.11 Å². The van der Waals surface area contributed by atoms with Crippen LogP contribution in [0.15, 0.2) is 22.7 Å². The summed E-state index contributed by atoms with van der Waals surface area (Å²) >= 11 is 6.29. The van der Waals surface area contributed by atoms with Crippen molar-refractivity contribution in [1.29, 1.82) is 0 Å². The van der Waals surface area contributed by atoms with Crippen molar-refractivity contribution in [2.24, 2.45) is 5.92 Å². The van der Waals surface area contributed by atoms with Crippen LogP contribution in [0.3, 0.4) is 0 Å². The lowest BCUT2D eigenvalue weighted by Crippen LogP contribution is -2.09. The molecule has 1 aromatic heterocycles. The van der Waals surface area contributed by atoms with Crippen LogP contribution in [-0.4, -0.2) is 23.8 Å². The van der Waals surface area contributed by atoms with E-state index >= 15 is 0 Å². The maximum atomic E-state index is 12.5. The predicted molar refractivity (Wildman–Crippen MR) is 91.1 cm³/mol. The van der Waals surface area contributed by atoms with E-state index in [9.17, 15) is 9.59 Å². The Hall–Kier alpha value is -2.14. The van der Waals surface area contributed by atoms with Gasteiger partial charge >= 0.3 is 0 Å². The highest BCUT2D eigenvalue weighted by Crippen LogP contribution is 2.32.